The largest absolute Gasteiger partial charge is 0.339 e. The van der Waals surface area contributed by atoms with Gasteiger partial charge < -0.3 is 5.32 Å². The number of benzene rings is 3. The molecule has 0 amide bonds. The lowest BCUT2D eigenvalue weighted by Gasteiger charge is -2.13. The Balaban J connectivity index is 1.81. The summed E-state index contributed by atoms with van der Waals surface area (Å²) in [7, 11) is 0. The zero-order valence-corrected chi connectivity index (χ0v) is 13.4. The Morgan fingerprint density at radius 1 is 0.792 bits per heavy atom. The minimum absolute atomic E-state index is 0.826. The molecule has 3 nitrogen and oxygen atoms in total. The van der Waals surface area contributed by atoms with E-state index in [0.717, 1.165) is 28.0 Å². The van der Waals surface area contributed by atoms with Crippen molar-refractivity contribution < 1.29 is 0 Å². The summed E-state index contributed by atoms with van der Waals surface area (Å²) in [6.07, 6.45) is 1.60. The Kier molecular flexibility index (Phi) is 3.67. The third kappa shape index (κ3) is 2.72. The lowest BCUT2D eigenvalue weighted by atomic mass is 10.0. The van der Waals surface area contributed by atoms with E-state index in [1.54, 1.807) is 6.33 Å². The van der Waals surface area contributed by atoms with Gasteiger partial charge in [-0.05, 0) is 30.7 Å². The van der Waals surface area contributed by atoms with Crippen molar-refractivity contribution in [2.45, 2.75) is 6.92 Å². The lowest BCUT2D eigenvalue weighted by molar-refractivity contribution is 1.22. The normalized spacial score (nSPS) is 10.7. The van der Waals surface area contributed by atoms with E-state index in [-0.39, 0.29) is 0 Å². The number of aryl methyl sites for hydroxylation is 1. The quantitative estimate of drug-likeness (QED) is 0.554. The highest BCUT2D eigenvalue weighted by Gasteiger charge is 2.08. The van der Waals surface area contributed by atoms with Gasteiger partial charge in [0, 0.05) is 16.6 Å². The van der Waals surface area contributed by atoms with Crippen molar-refractivity contribution in [2.24, 2.45) is 0 Å². The highest BCUT2D eigenvalue weighted by atomic mass is 15.0. The summed E-state index contributed by atoms with van der Waals surface area (Å²) in [5, 5.41) is 4.52. The van der Waals surface area contributed by atoms with Crippen LogP contribution < -0.4 is 5.32 Å². The van der Waals surface area contributed by atoms with E-state index in [1.807, 2.05) is 18.2 Å². The minimum atomic E-state index is 0.826. The summed E-state index contributed by atoms with van der Waals surface area (Å²) in [6.45, 7) is 2.08. The van der Waals surface area contributed by atoms with Gasteiger partial charge in [0.25, 0.3) is 0 Å². The maximum absolute atomic E-state index is 4.46. The summed E-state index contributed by atoms with van der Waals surface area (Å²) in [5.41, 5.74) is 5.49. The zero-order valence-electron chi connectivity index (χ0n) is 13.4. The monoisotopic (exact) mass is 311 g/mol. The standard InChI is InChI=1S/C21H17N3/c1-15-11-12-19-18(13-15)21(23-14-22-19)24-20-10-6-5-9-17(20)16-7-3-2-4-8-16/h2-14H,1H3,(H,22,23,24). The van der Waals surface area contributed by atoms with Crippen LogP contribution >= 0.6 is 0 Å². The summed E-state index contributed by atoms with van der Waals surface area (Å²) >= 11 is 0. The van der Waals surface area contributed by atoms with Crippen molar-refractivity contribution in [1.82, 2.24) is 9.97 Å². The molecule has 1 aromatic heterocycles. The molecule has 0 aliphatic heterocycles. The molecule has 1 N–H and O–H groups in total. The third-order valence-corrected chi connectivity index (χ3v) is 4.06. The van der Waals surface area contributed by atoms with Crippen molar-refractivity contribution in [2.75, 3.05) is 5.32 Å². The predicted octanol–water partition coefficient (Wildman–Crippen LogP) is 5.35. The molecule has 0 radical (unpaired) electrons. The van der Waals surface area contributed by atoms with Crippen LogP contribution in [0.15, 0.2) is 79.1 Å². The Morgan fingerprint density at radius 2 is 1.58 bits per heavy atom. The van der Waals surface area contributed by atoms with Gasteiger partial charge in [-0.15, -0.1) is 0 Å². The molecule has 0 aliphatic rings. The van der Waals surface area contributed by atoms with Crippen LogP contribution in [0.4, 0.5) is 11.5 Å². The number of nitrogens with zero attached hydrogens (tertiary/aromatic N) is 2. The molecule has 3 aromatic carbocycles. The van der Waals surface area contributed by atoms with Crippen LogP contribution in [0, 0.1) is 6.92 Å². The van der Waals surface area contributed by atoms with E-state index in [2.05, 4.69) is 76.8 Å². The molecule has 4 aromatic rings. The van der Waals surface area contributed by atoms with E-state index in [0.29, 0.717) is 0 Å². The minimum Gasteiger partial charge on any atom is -0.339 e. The highest BCUT2D eigenvalue weighted by molar-refractivity contribution is 5.93. The molecule has 0 fully saturated rings. The number of fused-ring (bicyclic) bond motifs is 1. The first kappa shape index (κ1) is 14.4. The summed E-state index contributed by atoms with van der Waals surface area (Å²) in [6, 6.07) is 24.8. The van der Waals surface area contributed by atoms with Crippen LogP contribution in [0.2, 0.25) is 0 Å². The molecule has 1 heterocycles. The molecule has 116 valence electrons. The predicted molar refractivity (Wildman–Crippen MR) is 99.4 cm³/mol. The van der Waals surface area contributed by atoms with Crippen molar-refractivity contribution >= 4 is 22.4 Å². The van der Waals surface area contributed by atoms with Crippen molar-refractivity contribution in [1.29, 1.82) is 0 Å². The van der Waals surface area contributed by atoms with Crippen LogP contribution in [-0.4, -0.2) is 9.97 Å². The molecule has 0 atom stereocenters. The first-order valence-electron chi connectivity index (χ1n) is 7.94. The van der Waals surface area contributed by atoms with Gasteiger partial charge in [0.05, 0.1) is 5.52 Å². The number of para-hydroxylation sites is 1. The number of hydrogen-bond donors (Lipinski definition) is 1. The molecule has 0 spiro atoms. The number of rotatable bonds is 3. The van der Waals surface area contributed by atoms with E-state index in [4.69, 9.17) is 0 Å². The average Bonchev–Trinajstić information content (AvgIpc) is 2.63. The second-order valence-electron chi connectivity index (χ2n) is 5.78. The molecule has 3 heteroatoms. The van der Waals surface area contributed by atoms with E-state index < -0.39 is 0 Å². The van der Waals surface area contributed by atoms with Crippen LogP contribution in [0.1, 0.15) is 5.56 Å². The van der Waals surface area contributed by atoms with E-state index >= 15 is 0 Å². The van der Waals surface area contributed by atoms with Gasteiger partial charge in [-0.3, -0.25) is 0 Å². The third-order valence-electron chi connectivity index (χ3n) is 4.06. The first-order valence-corrected chi connectivity index (χ1v) is 7.94. The number of anilines is 2. The first-order chi connectivity index (χ1) is 11.8. The molecule has 24 heavy (non-hydrogen) atoms. The van der Waals surface area contributed by atoms with Crippen molar-refractivity contribution in [3.05, 3.63) is 84.7 Å². The molecule has 0 saturated carbocycles. The average molecular weight is 311 g/mol. The van der Waals surface area contributed by atoms with Crippen LogP contribution in [0.25, 0.3) is 22.0 Å². The smallest absolute Gasteiger partial charge is 0.141 e. The lowest BCUT2D eigenvalue weighted by Crippen LogP contribution is -1.98. The maximum atomic E-state index is 4.46. The van der Waals surface area contributed by atoms with Crippen molar-refractivity contribution in [3.63, 3.8) is 0 Å². The van der Waals surface area contributed by atoms with Gasteiger partial charge in [0.1, 0.15) is 12.1 Å². The molecule has 4 rings (SSSR count). The Hall–Kier alpha value is -3.20. The topological polar surface area (TPSA) is 37.8 Å². The van der Waals surface area contributed by atoms with Crippen molar-refractivity contribution in [3.8, 4) is 11.1 Å². The van der Waals surface area contributed by atoms with Gasteiger partial charge in [-0.2, -0.15) is 0 Å². The molecule has 0 saturated heterocycles. The zero-order chi connectivity index (χ0) is 16.4. The number of nitrogens with one attached hydrogen (secondary N) is 1. The fourth-order valence-corrected chi connectivity index (χ4v) is 2.86. The summed E-state index contributed by atoms with van der Waals surface area (Å²) in [4.78, 5) is 8.81. The maximum Gasteiger partial charge on any atom is 0.141 e. The fraction of sp³-hybridized carbons (Fsp3) is 0.0476. The SMILES string of the molecule is Cc1ccc2ncnc(Nc3ccccc3-c3ccccc3)c2c1. The molecule has 0 aliphatic carbocycles. The second-order valence-corrected chi connectivity index (χ2v) is 5.78. The Labute approximate surface area is 141 Å². The molecule has 0 bridgehead atoms. The number of hydrogen-bond acceptors (Lipinski definition) is 3. The van der Waals surface area contributed by atoms with Crippen LogP contribution in [0.3, 0.4) is 0 Å². The van der Waals surface area contributed by atoms with Crippen LogP contribution in [-0.2, 0) is 0 Å². The number of aromatic nitrogens is 2. The summed E-state index contributed by atoms with van der Waals surface area (Å²) < 4.78 is 0. The van der Waals surface area contributed by atoms with E-state index in [9.17, 15) is 0 Å². The second kappa shape index (κ2) is 6.13. The van der Waals surface area contributed by atoms with Crippen LogP contribution in [0.5, 0.6) is 0 Å². The van der Waals surface area contributed by atoms with Gasteiger partial charge >= 0.3 is 0 Å². The highest BCUT2D eigenvalue weighted by Crippen LogP contribution is 2.31. The Morgan fingerprint density at radius 3 is 2.46 bits per heavy atom. The molecule has 0 unspecified atom stereocenters. The Bertz CT molecular complexity index is 994. The molecular formula is C21H17N3. The van der Waals surface area contributed by atoms with Gasteiger partial charge in [0.2, 0.25) is 0 Å². The van der Waals surface area contributed by atoms with Gasteiger partial charge in [-0.25, -0.2) is 9.97 Å². The summed E-state index contributed by atoms with van der Waals surface area (Å²) in [5.74, 6) is 0.826. The molecular weight excluding hydrogens is 294 g/mol. The fourth-order valence-electron chi connectivity index (χ4n) is 2.86. The van der Waals surface area contributed by atoms with E-state index in [1.165, 1.54) is 11.1 Å². The van der Waals surface area contributed by atoms with Gasteiger partial charge in [0.15, 0.2) is 0 Å². The van der Waals surface area contributed by atoms with Gasteiger partial charge in [-0.1, -0.05) is 60.2 Å².